The molecule has 1 atom stereocenters. The van der Waals surface area contributed by atoms with Gasteiger partial charge in [-0.2, -0.15) is 0 Å². The van der Waals surface area contributed by atoms with Gasteiger partial charge in [0.25, 0.3) is 11.7 Å². The molecule has 9 heteroatoms. The van der Waals surface area contributed by atoms with Crippen molar-refractivity contribution in [2.24, 2.45) is 0 Å². The number of nitrogens with zero attached hydrogens (tertiary/aromatic N) is 1. The lowest BCUT2D eigenvalue weighted by atomic mass is 9.95. The van der Waals surface area contributed by atoms with E-state index in [0.717, 1.165) is 0 Å². The Kier molecular flexibility index (Phi) is 6.82. The third kappa shape index (κ3) is 4.73. The minimum absolute atomic E-state index is 0.108. The number of carbonyl (C=O) groups excluding carboxylic acids is 3. The lowest BCUT2D eigenvalue weighted by molar-refractivity contribution is -0.132. The monoisotopic (exact) mass is 510 g/mol. The van der Waals surface area contributed by atoms with Crippen LogP contribution in [0, 0.1) is 0 Å². The summed E-state index contributed by atoms with van der Waals surface area (Å²) in [5.41, 5.74) is 1.52. The molecule has 1 saturated heterocycles. The van der Waals surface area contributed by atoms with Crippen LogP contribution in [0.25, 0.3) is 5.76 Å². The zero-order valence-electron chi connectivity index (χ0n) is 18.7. The van der Waals surface area contributed by atoms with E-state index < -0.39 is 17.7 Å². The molecule has 1 aliphatic rings. The number of Topliss-reactive ketones (excluding diaryl/α,β-unsaturated/α-hetero) is 1. The second-order valence-corrected chi connectivity index (χ2v) is 8.62. The molecule has 0 aromatic heterocycles. The van der Waals surface area contributed by atoms with Gasteiger partial charge < -0.3 is 15.2 Å². The summed E-state index contributed by atoms with van der Waals surface area (Å²) in [4.78, 5) is 39.4. The van der Waals surface area contributed by atoms with Crippen molar-refractivity contribution in [1.29, 1.82) is 0 Å². The first-order valence-corrected chi connectivity index (χ1v) is 11.2. The zero-order valence-corrected chi connectivity index (χ0v) is 20.2. The number of ketones is 1. The van der Waals surface area contributed by atoms with Gasteiger partial charge in [-0.25, -0.2) is 0 Å². The molecule has 0 radical (unpaired) electrons. The van der Waals surface area contributed by atoms with E-state index in [-0.39, 0.29) is 32.8 Å². The summed E-state index contributed by atoms with van der Waals surface area (Å²) in [7, 11) is 1.53. The van der Waals surface area contributed by atoms with Crippen molar-refractivity contribution in [2.45, 2.75) is 13.0 Å². The van der Waals surface area contributed by atoms with Crippen molar-refractivity contribution in [3.05, 3.63) is 93.5 Å². The molecule has 0 bridgehead atoms. The summed E-state index contributed by atoms with van der Waals surface area (Å²) in [6, 6.07) is 16.8. The van der Waals surface area contributed by atoms with Gasteiger partial charge >= 0.3 is 0 Å². The number of carbonyl (C=O) groups is 3. The normalized spacial score (nSPS) is 16.9. The van der Waals surface area contributed by atoms with Crippen LogP contribution in [0.15, 0.2) is 72.3 Å². The molecule has 4 rings (SSSR count). The summed E-state index contributed by atoms with van der Waals surface area (Å²) < 4.78 is 5.23. The second-order valence-electron chi connectivity index (χ2n) is 7.80. The first-order chi connectivity index (χ1) is 16.7. The molecule has 178 valence electrons. The maximum atomic E-state index is 13.3. The van der Waals surface area contributed by atoms with E-state index in [4.69, 9.17) is 27.9 Å². The Morgan fingerprint density at radius 1 is 1.00 bits per heavy atom. The van der Waals surface area contributed by atoms with Crippen molar-refractivity contribution >= 4 is 57.9 Å². The Hall–Kier alpha value is -3.81. The molecule has 1 fully saturated rings. The highest BCUT2D eigenvalue weighted by Gasteiger charge is 2.47. The topological polar surface area (TPSA) is 95.9 Å². The minimum Gasteiger partial charge on any atom is -0.507 e. The van der Waals surface area contributed by atoms with Crippen molar-refractivity contribution in [3.8, 4) is 5.75 Å². The molecule has 1 aliphatic heterocycles. The van der Waals surface area contributed by atoms with Gasteiger partial charge in [-0.15, -0.1) is 0 Å². The molecule has 0 saturated carbocycles. The smallest absolute Gasteiger partial charge is 0.300 e. The largest absolute Gasteiger partial charge is 0.507 e. The molecule has 3 aromatic rings. The van der Waals surface area contributed by atoms with Crippen LogP contribution in [-0.2, 0) is 14.4 Å². The van der Waals surface area contributed by atoms with Crippen molar-refractivity contribution in [1.82, 2.24) is 0 Å². The van der Waals surface area contributed by atoms with E-state index in [9.17, 15) is 19.5 Å². The third-order valence-electron chi connectivity index (χ3n) is 5.51. The third-order valence-corrected chi connectivity index (χ3v) is 6.25. The fourth-order valence-corrected chi connectivity index (χ4v) is 4.23. The highest BCUT2D eigenvalue weighted by atomic mass is 35.5. The first-order valence-electron chi connectivity index (χ1n) is 10.5. The summed E-state index contributed by atoms with van der Waals surface area (Å²) in [6.07, 6.45) is 0. The zero-order chi connectivity index (χ0) is 25.3. The van der Waals surface area contributed by atoms with Gasteiger partial charge in [0.2, 0.25) is 5.91 Å². The molecule has 1 heterocycles. The predicted molar refractivity (Wildman–Crippen MR) is 135 cm³/mol. The highest BCUT2D eigenvalue weighted by molar-refractivity contribution is 6.52. The maximum Gasteiger partial charge on any atom is 0.300 e. The molecule has 35 heavy (non-hydrogen) atoms. The molecule has 3 aromatic carbocycles. The number of hydrogen-bond donors (Lipinski definition) is 2. The molecule has 0 spiro atoms. The van der Waals surface area contributed by atoms with Gasteiger partial charge in [-0.1, -0.05) is 41.4 Å². The van der Waals surface area contributed by atoms with Crippen molar-refractivity contribution < 1.29 is 24.2 Å². The fourth-order valence-electron chi connectivity index (χ4n) is 3.94. The number of ether oxygens (including phenoxy) is 1. The van der Waals surface area contributed by atoms with Crippen molar-refractivity contribution in [3.63, 3.8) is 0 Å². The number of halogens is 2. The molecule has 7 nitrogen and oxygen atoms in total. The lowest BCUT2D eigenvalue weighted by Gasteiger charge is -2.26. The summed E-state index contributed by atoms with van der Waals surface area (Å²) in [6.45, 7) is 1.37. The Balaban J connectivity index is 1.92. The van der Waals surface area contributed by atoms with Gasteiger partial charge in [0.15, 0.2) is 0 Å². The Morgan fingerprint density at radius 2 is 1.71 bits per heavy atom. The number of aliphatic hydroxyl groups is 1. The van der Waals surface area contributed by atoms with Crippen molar-refractivity contribution in [2.75, 3.05) is 17.3 Å². The number of anilines is 2. The van der Waals surface area contributed by atoms with Gasteiger partial charge in [0.1, 0.15) is 11.5 Å². The number of amides is 2. The van der Waals surface area contributed by atoms with E-state index in [1.807, 2.05) is 0 Å². The summed E-state index contributed by atoms with van der Waals surface area (Å²) >= 11 is 12.1. The van der Waals surface area contributed by atoms with Crippen LogP contribution in [-0.4, -0.2) is 29.8 Å². The average molecular weight is 511 g/mol. The number of methoxy groups -OCH3 is 1. The molecule has 0 aliphatic carbocycles. The average Bonchev–Trinajstić information content (AvgIpc) is 3.10. The minimum atomic E-state index is -0.956. The predicted octanol–water partition coefficient (Wildman–Crippen LogP) is 5.59. The second kappa shape index (κ2) is 9.82. The van der Waals surface area contributed by atoms with E-state index in [0.29, 0.717) is 22.7 Å². The highest BCUT2D eigenvalue weighted by Crippen LogP contribution is 2.43. The molecule has 2 amide bonds. The van der Waals surface area contributed by atoms with Crippen LogP contribution >= 0.6 is 23.2 Å². The quantitative estimate of drug-likeness (QED) is 0.265. The van der Waals surface area contributed by atoms with Crippen LogP contribution in [0.4, 0.5) is 11.4 Å². The van der Waals surface area contributed by atoms with E-state index >= 15 is 0 Å². The van der Waals surface area contributed by atoms with Gasteiger partial charge in [0, 0.05) is 23.9 Å². The van der Waals surface area contributed by atoms with Crippen LogP contribution in [0.1, 0.15) is 24.1 Å². The SMILES string of the molecule is COc1ccc(C2/C(=C(\O)c3ccc(Cl)c(Cl)c3)C(=O)C(=O)N2c2cccc(NC(C)=O)c2)cc1. The number of hydrogen-bond acceptors (Lipinski definition) is 5. The number of rotatable bonds is 5. The Bertz CT molecular complexity index is 1370. The molecular weight excluding hydrogens is 491 g/mol. The van der Waals surface area contributed by atoms with Gasteiger partial charge in [-0.05, 0) is 54.1 Å². The van der Waals surface area contributed by atoms with Gasteiger partial charge in [-0.3, -0.25) is 19.3 Å². The standard InChI is InChI=1S/C26H20Cl2N2O5/c1-14(31)29-17-4-3-5-18(13-17)30-23(15-6-9-19(35-2)10-7-15)22(25(33)26(30)34)24(32)16-8-11-20(27)21(28)12-16/h3-13,23,32H,1-2H3,(H,29,31)/b24-22+. The van der Waals surface area contributed by atoms with E-state index in [1.54, 1.807) is 48.5 Å². The van der Waals surface area contributed by atoms with Crippen LogP contribution in [0.3, 0.4) is 0 Å². The Labute approximate surface area is 211 Å². The summed E-state index contributed by atoms with van der Waals surface area (Å²) in [5.74, 6) is -1.77. The molecule has 1 unspecified atom stereocenters. The molecular formula is C26H20Cl2N2O5. The van der Waals surface area contributed by atoms with Crippen LogP contribution < -0.4 is 15.0 Å². The number of nitrogens with one attached hydrogen (secondary N) is 1. The van der Waals surface area contributed by atoms with Crippen LogP contribution in [0.5, 0.6) is 5.75 Å². The molecule has 2 N–H and O–H groups in total. The van der Waals surface area contributed by atoms with Crippen LogP contribution in [0.2, 0.25) is 10.0 Å². The number of benzene rings is 3. The summed E-state index contributed by atoms with van der Waals surface area (Å²) in [5, 5.41) is 14.3. The van der Waals surface area contributed by atoms with E-state index in [1.165, 1.54) is 37.1 Å². The van der Waals surface area contributed by atoms with E-state index in [2.05, 4.69) is 5.32 Å². The van der Waals surface area contributed by atoms with Gasteiger partial charge in [0.05, 0.1) is 28.8 Å². The number of aliphatic hydroxyl groups excluding tert-OH is 1. The lowest BCUT2D eigenvalue weighted by Crippen LogP contribution is -2.29. The first kappa shape index (κ1) is 24.3. The Morgan fingerprint density at radius 3 is 2.34 bits per heavy atom. The maximum absolute atomic E-state index is 13.3. The fraction of sp³-hybridized carbons (Fsp3) is 0.115.